The lowest BCUT2D eigenvalue weighted by atomic mass is 9.99. The number of nitrogens with one attached hydrogen (secondary N) is 1. The molecule has 0 spiro atoms. The van der Waals surface area contributed by atoms with Crippen LogP contribution >= 0.6 is 0 Å². The maximum absolute atomic E-state index is 12.6. The molecule has 0 aliphatic heterocycles. The van der Waals surface area contributed by atoms with Crippen molar-refractivity contribution in [3.63, 3.8) is 0 Å². The normalized spacial score (nSPS) is 10.7. The molecule has 0 fully saturated rings. The number of aromatic nitrogens is 2. The monoisotopic (exact) mass is 361 g/mol. The zero-order valence-corrected chi connectivity index (χ0v) is 15.3. The van der Waals surface area contributed by atoms with Gasteiger partial charge in [0.2, 0.25) is 5.91 Å². The first-order valence-electron chi connectivity index (χ1n) is 9.12. The van der Waals surface area contributed by atoms with Crippen LogP contribution in [0.3, 0.4) is 0 Å². The van der Waals surface area contributed by atoms with Gasteiger partial charge in [-0.1, -0.05) is 74.0 Å². The van der Waals surface area contributed by atoms with Crippen LogP contribution in [0.1, 0.15) is 36.2 Å². The van der Waals surface area contributed by atoms with Crippen LogP contribution in [-0.2, 0) is 17.8 Å². The topological polar surface area (TPSA) is 64.0 Å². The Balaban J connectivity index is 1.78. The van der Waals surface area contributed by atoms with Crippen molar-refractivity contribution in [2.75, 3.05) is 0 Å². The Kier molecular flexibility index (Phi) is 6.15. The number of nitrogens with zero attached hydrogens (tertiary/aromatic N) is 2. The zero-order chi connectivity index (χ0) is 19.1. The number of rotatable bonds is 7. The van der Waals surface area contributed by atoms with Crippen LogP contribution in [0.25, 0.3) is 0 Å². The van der Waals surface area contributed by atoms with E-state index in [1.807, 2.05) is 67.6 Å². The summed E-state index contributed by atoms with van der Waals surface area (Å²) in [4.78, 5) is 29.1. The summed E-state index contributed by atoms with van der Waals surface area (Å²) in [5.41, 5.74) is 2.52. The number of aryl methyl sites for hydroxylation is 1. The highest BCUT2D eigenvalue weighted by molar-refractivity contribution is 5.76. The summed E-state index contributed by atoms with van der Waals surface area (Å²) in [6, 6.07) is 20.8. The lowest BCUT2D eigenvalue weighted by Gasteiger charge is -2.20. The largest absolute Gasteiger partial charge is 0.344 e. The molecule has 27 heavy (non-hydrogen) atoms. The molecule has 2 aromatic carbocycles. The van der Waals surface area contributed by atoms with E-state index in [0.29, 0.717) is 0 Å². The second-order valence-corrected chi connectivity index (χ2v) is 6.42. The number of hydrogen-bond acceptors (Lipinski definition) is 3. The zero-order valence-electron chi connectivity index (χ0n) is 15.3. The molecular formula is C22H23N3O2. The van der Waals surface area contributed by atoms with Crippen LogP contribution in [0.4, 0.5) is 0 Å². The van der Waals surface area contributed by atoms with Crippen molar-refractivity contribution >= 4 is 5.91 Å². The van der Waals surface area contributed by atoms with Gasteiger partial charge in [-0.15, -0.1) is 0 Å². The molecule has 3 aromatic rings. The Bertz CT molecular complexity index is 897. The van der Waals surface area contributed by atoms with Gasteiger partial charge in [0.25, 0.3) is 5.56 Å². The molecule has 1 N–H and O–H groups in total. The van der Waals surface area contributed by atoms with Crippen molar-refractivity contribution in [3.05, 3.63) is 100 Å². The van der Waals surface area contributed by atoms with Crippen molar-refractivity contribution in [1.82, 2.24) is 14.9 Å². The van der Waals surface area contributed by atoms with E-state index in [4.69, 9.17) is 0 Å². The van der Waals surface area contributed by atoms with E-state index in [0.717, 1.165) is 29.7 Å². The van der Waals surface area contributed by atoms with Crippen LogP contribution in [0, 0.1) is 0 Å². The van der Waals surface area contributed by atoms with Gasteiger partial charge in [0.15, 0.2) is 0 Å². The summed E-state index contributed by atoms with van der Waals surface area (Å²) in [5, 5.41) is 3.04. The van der Waals surface area contributed by atoms with Gasteiger partial charge in [0.1, 0.15) is 6.54 Å². The first-order valence-corrected chi connectivity index (χ1v) is 9.12. The minimum Gasteiger partial charge on any atom is -0.344 e. The van der Waals surface area contributed by atoms with Crippen LogP contribution in [-0.4, -0.2) is 15.5 Å². The molecule has 0 saturated heterocycles. The molecule has 1 aromatic heterocycles. The van der Waals surface area contributed by atoms with Crippen molar-refractivity contribution in [3.8, 4) is 0 Å². The number of hydrogen-bond donors (Lipinski definition) is 1. The summed E-state index contributed by atoms with van der Waals surface area (Å²) in [7, 11) is 0. The molecule has 1 heterocycles. The van der Waals surface area contributed by atoms with Crippen molar-refractivity contribution in [1.29, 1.82) is 0 Å². The molecule has 5 nitrogen and oxygen atoms in total. The lowest BCUT2D eigenvalue weighted by Crippen LogP contribution is -2.35. The molecule has 138 valence electrons. The third kappa shape index (κ3) is 4.91. The average Bonchev–Trinajstić information content (AvgIpc) is 2.70. The maximum Gasteiger partial charge on any atom is 0.253 e. The molecule has 0 bridgehead atoms. The molecule has 0 unspecified atom stereocenters. The Hall–Kier alpha value is -3.21. The molecule has 0 saturated carbocycles. The van der Waals surface area contributed by atoms with Gasteiger partial charge in [0.05, 0.1) is 12.4 Å². The third-order valence-corrected chi connectivity index (χ3v) is 4.33. The molecular weight excluding hydrogens is 338 g/mol. The number of carbonyl (C=O) groups is 1. The Labute approximate surface area is 158 Å². The van der Waals surface area contributed by atoms with Gasteiger partial charge in [-0.3, -0.25) is 14.2 Å². The summed E-state index contributed by atoms with van der Waals surface area (Å²) in [6.07, 6.45) is 3.13. The van der Waals surface area contributed by atoms with E-state index in [9.17, 15) is 9.59 Å². The molecule has 3 rings (SSSR count). The SMILES string of the molecule is CCCc1cc(=O)n(CC(=O)NC(c2ccccc2)c2ccccc2)cn1. The number of amides is 1. The van der Waals surface area contributed by atoms with Gasteiger partial charge >= 0.3 is 0 Å². The Morgan fingerprint density at radius 2 is 1.63 bits per heavy atom. The van der Waals surface area contributed by atoms with E-state index in [2.05, 4.69) is 10.3 Å². The summed E-state index contributed by atoms with van der Waals surface area (Å²) in [6.45, 7) is 1.97. The van der Waals surface area contributed by atoms with Crippen molar-refractivity contribution < 1.29 is 4.79 Å². The van der Waals surface area contributed by atoms with Gasteiger partial charge < -0.3 is 5.32 Å². The molecule has 0 aliphatic carbocycles. The minimum absolute atomic E-state index is 0.0611. The van der Waals surface area contributed by atoms with Gasteiger partial charge in [0, 0.05) is 11.8 Å². The highest BCUT2D eigenvalue weighted by Gasteiger charge is 2.17. The molecule has 1 amide bonds. The maximum atomic E-state index is 12.6. The van der Waals surface area contributed by atoms with Crippen LogP contribution in [0.5, 0.6) is 0 Å². The number of carbonyl (C=O) groups excluding carboxylic acids is 1. The lowest BCUT2D eigenvalue weighted by molar-refractivity contribution is -0.122. The van der Waals surface area contributed by atoms with Gasteiger partial charge in [-0.05, 0) is 17.5 Å². The van der Waals surface area contributed by atoms with Crippen molar-refractivity contribution in [2.45, 2.75) is 32.4 Å². The average molecular weight is 361 g/mol. The Morgan fingerprint density at radius 3 is 2.15 bits per heavy atom. The molecule has 0 aliphatic rings. The first kappa shape index (κ1) is 18.6. The smallest absolute Gasteiger partial charge is 0.253 e. The van der Waals surface area contributed by atoms with E-state index >= 15 is 0 Å². The first-order chi connectivity index (χ1) is 13.2. The van der Waals surface area contributed by atoms with Gasteiger partial charge in [-0.2, -0.15) is 0 Å². The molecule has 5 heteroatoms. The van der Waals surface area contributed by atoms with Crippen LogP contribution in [0.2, 0.25) is 0 Å². The molecule has 0 atom stereocenters. The minimum atomic E-state index is -0.275. The van der Waals surface area contributed by atoms with E-state index < -0.39 is 0 Å². The predicted octanol–water partition coefficient (Wildman–Crippen LogP) is 3.10. The fourth-order valence-electron chi connectivity index (χ4n) is 2.99. The highest BCUT2D eigenvalue weighted by Crippen LogP contribution is 2.21. The van der Waals surface area contributed by atoms with Gasteiger partial charge in [-0.25, -0.2) is 4.98 Å². The summed E-state index contributed by atoms with van der Waals surface area (Å²) in [5.74, 6) is -0.236. The summed E-state index contributed by atoms with van der Waals surface area (Å²) >= 11 is 0. The van der Waals surface area contributed by atoms with E-state index in [1.165, 1.54) is 17.0 Å². The predicted molar refractivity (Wildman–Crippen MR) is 105 cm³/mol. The standard InChI is InChI=1S/C22H23N3O2/c1-2-9-19-14-21(27)25(16-23-19)15-20(26)24-22(17-10-5-3-6-11-17)18-12-7-4-8-13-18/h3-8,10-14,16,22H,2,9,15H2,1H3,(H,24,26). The summed E-state index contributed by atoms with van der Waals surface area (Å²) < 4.78 is 1.33. The van der Waals surface area contributed by atoms with Crippen molar-refractivity contribution in [2.24, 2.45) is 0 Å². The highest BCUT2D eigenvalue weighted by atomic mass is 16.2. The Morgan fingerprint density at radius 1 is 1.04 bits per heavy atom. The third-order valence-electron chi connectivity index (χ3n) is 4.33. The number of benzene rings is 2. The second-order valence-electron chi connectivity index (χ2n) is 6.42. The van der Waals surface area contributed by atoms with Crippen LogP contribution < -0.4 is 10.9 Å². The van der Waals surface area contributed by atoms with E-state index in [-0.39, 0.29) is 24.1 Å². The fourth-order valence-corrected chi connectivity index (χ4v) is 2.99. The molecule has 0 radical (unpaired) electrons. The quantitative estimate of drug-likeness (QED) is 0.703. The second kappa shape index (κ2) is 8.94. The van der Waals surface area contributed by atoms with Crippen LogP contribution in [0.15, 0.2) is 77.9 Å². The van der Waals surface area contributed by atoms with E-state index in [1.54, 1.807) is 0 Å². The fraction of sp³-hybridized carbons (Fsp3) is 0.227.